The van der Waals surface area contributed by atoms with E-state index >= 15 is 0 Å². The maximum absolute atomic E-state index is 13.8. The largest absolute Gasteiger partial charge is 0.491 e. The molecule has 0 heterocycles. The molecule has 2 N–H and O–H groups in total. The standard InChI is InChI=1S/C11H14ClF2NO/c1-6(3-4-15)7-5-8(12)10(14)11(16-2)9(7)13/h5-6H,3-4,15H2,1-2H3. The minimum absolute atomic E-state index is 0.128. The lowest BCUT2D eigenvalue weighted by Gasteiger charge is -2.15. The van der Waals surface area contributed by atoms with E-state index in [0.717, 1.165) is 0 Å². The van der Waals surface area contributed by atoms with Gasteiger partial charge in [-0.25, -0.2) is 8.78 Å². The van der Waals surface area contributed by atoms with E-state index in [1.54, 1.807) is 6.92 Å². The van der Waals surface area contributed by atoms with Gasteiger partial charge in [-0.15, -0.1) is 0 Å². The highest BCUT2D eigenvalue weighted by Gasteiger charge is 2.21. The molecule has 0 saturated carbocycles. The first kappa shape index (κ1) is 13.2. The Morgan fingerprint density at radius 1 is 1.44 bits per heavy atom. The van der Waals surface area contributed by atoms with Crippen LogP contribution in [0.25, 0.3) is 0 Å². The molecule has 1 aromatic rings. The van der Waals surface area contributed by atoms with Crippen molar-refractivity contribution in [3.63, 3.8) is 0 Å². The Balaban J connectivity index is 3.25. The molecule has 0 radical (unpaired) electrons. The van der Waals surface area contributed by atoms with Crippen LogP contribution >= 0.6 is 11.6 Å². The first-order chi connectivity index (χ1) is 7.52. The van der Waals surface area contributed by atoms with E-state index in [1.807, 2.05) is 0 Å². The lowest BCUT2D eigenvalue weighted by Crippen LogP contribution is -2.08. The van der Waals surface area contributed by atoms with Gasteiger partial charge in [-0.2, -0.15) is 0 Å². The number of nitrogens with two attached hydrogens (primary N) is 1. The fraction of sp³-hybridized carbons (Fsp3) is 0.455. The Morgan fingerprint density at radius 2 is 2.06 bits per heavy atom. The van der Waals surface area contributed by atoms with Crippen LogP contribution in [0.15, 0.2) is 6.07 Å². The lowest BCUT2D eigenvalue weighted by atomic mass is 9.97. The fourth-order valence-electron chi connectivity index (χ4n) is 1.54. The molecular weight excluding hydrogens is 236 g/mol. The second-order valence-corrected chi connectivity index (χ2v) is 3.99. The number of hydrogen-bond donors (Lipinski definition) is 1. The van der Waals surface area contributed by atoms with Gasteiger partial charge in [0.15, 0.2) is 17.4 Å². The number of hydrogen-bond acceptors (Lipinski definition) is 2. The van der Waals surface area contributed by atoms with Crippen LogP contribution in [-0.4, -0.2) is 13.7 Å². The molecule has 1 unspecified atom stereocenters. The van der Waals surface area contributed by atoms with Crippen LogP contribution in [0.2, 0.25) is 5.02 Å². The molecule has 0 spiro atoms. The van der Waals surface area contributed by atoms with E-state index in [2.05, 4.69) is 4.74 Å². The predicted molar refractivity (Wildman–Crippen MR) is 60.0 cm³/mol. The number of halogens is 3. The molecule has 0 aliphatic heterocycles. The molecule has 1 aromatic carbocycles. The second-order valence-electron chi connectivity index (χ2n) is 3.59. The van der Waals surface area contributed by atoms with Crippen molar-refractivity contribution in [3.8, 4) is 5.75 Å². The normalized spacial score (nSPS) is 12.6. The van der Waals surface area contributed by atoms with Gasteiger partial charge in [-0.1, -0.05) is 18.5 Å². The smallest absolute Gasteiger partial charge is 0.192 e. The maximum atomic E-state index is 13.8. The molecule has 0 bridgehead atoms. The van der Waals surface area contributed by atoms with Crippen molar-refractivity contribution in [2.24, 2.45) is 5.73 Å². The van der Waals surface area contributed by atoms with E-state index in [9.17, 15) is 8.78 Å². The summed E-state index contributed by atoms with van der Waals surface area (Å²) in [5, 5.41) is -0.142. The minimum atomic E-state index is -0.870. The summed E-state index contributed by atoms with van der Waals surface area (Å²) in [7, 11) is 1.20. The Morgan fingerprint density at radius 3 is 2.56 bits per heavy atom. The quantitative estimate of drug-likeness (QED) is 0.833. The highest BCUT2D eigenvalue weighted by atomic mass is 35.5. The minimum Gasteiger partial charge on any atom is -0.491 e. The summed E-state index contributed by atoms with van der Waals surface area (Å²) in [4.78, 5) is 0. The van der Waals surface area contributed by atoms with Crippen molar-refractivity contribution in [2.75, 3.05) is 13.7 Å². The molecule has 1 rings (SSSR count). The number of methoxy groups -OCH3 is 1. The zero-order valence-electron chi connectivity index (χ0n) is 9.19. The van der Waals surface area contributed by atoms with Gasteiger partial charge >= 0.3 is 0 Å². The molecule has 0 aliphatic carbocycles. The van der Waals surface area contributed by atoms with Gasteiger partial charge < -0.3 is 10.5 Å². The van der Waals surface area contributed by atoms with Gasteiger partial charge in [0, 0.05) is 0 Å². The summed E-state index contributed by atoms with van der Waals surface area (Å²) in [6.07, 6.45) is 0.599. The summed E-state index contributed by atoms with van der Waals surface area (Å²) in [6, 6.07) is 1.29. The number of ether oxygens (including phenoxy) is 1. The first-order valence-electron chi connectivity index (χ1n) is 4.94. The average Bonchev–Trinajstić information content (AvgIpc) is 2.24. The van der Waals surface area contributed by atoms with Gasteiger partial charge in [0.1, 0.15) is 0 Å². The lowest BCUT2D eigenvalue weighted by molar-refractivity contribution is 0.356. The van der Waals surface area contributed by atoms with Gasteiger partial charge in [-0.3, -0.25) is 0 Å². The van der Waals surface area contributed by atoms with Crippen LogP contribution < -0.4 is 10.5 Å². The summed E-state index contributed by atoms with van der Waals surface area (Å²) < 4.78 is 31.9. The monoisotopic (exact) mass is 249 g/mol. The van der Waals surface area contributed by atoms with Crippen LogP contribution in [0.5, 0.6) is 5.75 Å². The van der Waals surface area contributed by atoms with E-state index in [1.165, 1.54) is 13.2 Å². The summed E-state index contributed by atoms with van der Waals surface area (Å²) in [6.45, 7) is 2.23. The van der Waals surface area contributed by atoms with Gasteiger partial charge in [0.2, 0.25) is 0 Å². The molecule has 0 amide bonds. The van der Waals surface area contributed by atoms with Crippen LogP contribution in [0.3, 0.4) is 0 Å². The van der Waals surface area contributed by atoms with Crippen molar-refractivity contribution in [2.45, 2.75) is 19.3 Å². The SMILES string of the molecule is COc1c(F)c(Cl)cc(C(C)CCN)c1F. The Labute approximate surface area is 98.3 Å². The molecule has 0 saturated heterocycles. The average molecular weight is 250 g/mol. The van der Waals surface area contributed by atoms with E-state index in [0.29, 0.717) is 18.5 Å². The van der Waals surface area contributed by atoms with Crippen molar-refractivity contribution in [3.05, 3.63) is 28.3 Å². The third-order valence-corrected chi connectivity index (χ3v) is 2.75. The molecule has 1 atom stereocenters. The zero-order chi connectivity index (χ0) is 12.3. The Kier molecular flexibility index (Phi) is 4.50. The first-order valence-corrected chi connectivity index (χ1v) is 5.32. The summed E-state index contributed by atoms with van der Waals surface area (Å²) in [5.74, 6) is -2.14. The molecule has 90 valence electrons. The molecule has 0 aliphatic rings. The second kappa shape index (κ2) is 5.46. The fourth-order valence-corrected chi connectivity index (χ4v) is 1.75. The molecule has 2 nitrogen and oxygen atoms in total. The molecule has 16 heavy (non-hydrogen) atoms. The molecule has 0 fully saturated rings. The van der Waals surface area contributed by atoms with Crippen molar-refractivity contribution in [1.29, 1.82) is 0 Å². The highest BCUT2D eigenvalue weighted by molar-refractivity contribution is 6.31. The van der Waals surface area contributed by atoms with E-state index in [-0.39, 0.29) is 10.9 Å². The summed E-state index contributed by atoms with van der Waals surface area (Å²) in [5.41, 5.74) is 5.72. The number of rotatable bonds is 4. The Bertz CT molecular complexity index is 385. The molecular formula is C11H14ClF2NO. The summed E-state index contributed by atoms with van der Waals surface area (Å²) >= 11 is 5.66. The van der Waals surface area contributed by atoms with Crippen molar-refractivity contribution >= 4 is 11.6 Å². The van der Waals surface area contributed by atoms with Crippen LogP contribution in [-0.2, 0) is 0 Å². The topological polar surface area (TPSA) is 35.2 Å². The molecule has 5 heteroatoms. The van der Waals surface area contributed by atoms with Crippen LogP contribution in [0.1, 0.15) is 24.8 Å². The van der Waals surface area contributed by atoms with E-state index < -0.39 is 17.4 Å². The van der Waals surface area contributed by atoms with Crippen LogP contribution in [0.4, 0.5) is 8.78 Å². The third kappa shape index (κ3) is 2.44. The van der Waals surface area contributed by atoms with Gasteiger partial charge in [-0.05, 0) is 30.5 Å². The third-order valence-electron chi connectivity index (χ3n) is 2.48. The zero-order valence-corrected chi connectivity index (χ0v) is 9.94. The molecule has 0 aromatic heterocycles. The van der Waals surface area contributed by atoms with E-state index in [4.69, 9.17) is 17.3 Å². The number of benzene rings is 1. The highest BCUT2D eigenvalue weighted by Crippen LogP contribution is 2.34. The maximum Gasteiger partial charge on any atom is 0.192 e. The van der Waals surface area contributed by atoms with Crippen LogP contribution in [0, 0.1) is 11.6 Å². The van der Waals surface area contributed by atoms with Gasteiger partial charge in [0.05, 0.1) is 12.1 Å². The van der Waals surface area contributed by atoms with Gasteiger partial charge in [0.25, 0.3) is 0 Å². The van der Waals surface area contributed by atoms with Crippen molar-refractivity contribution in [1.82, 2.24) is 0 Å². The predicted octanol–water partition coefficient (Wildman–Crippen LogP) is 3.08. The van der Waals surface area contributed by atoms with Crippen molar-refractivity contribution < 1.29 is 13.5 Å². The Hall–Kier alpha value is -0.870.